The van der Waals surface area contributed by atoms with Crippen molar-refractivity contribution in [2.24, 2.45) is 0 Å². The second kappa shape index (κ2) is 16.2. The molecule has 14 heteroatoms. The maximum Gasteiger partial charge on any atom is 0.276 e. The Bertz CT molecular complexity index is 2030. The molecule has 1 heterocycles. The van der Waals surface area contributed by atoms with E-state index < -0.39 is 16.7 Å². The zero-order valence-corrected chi connectivity index (χ0v) is 27.8. The number of hydrogen-bond donors (Lipinski definition) is 3. The molecule has 0 radical (unpaired) electrons. The van der Waals surface area contributed by atoms with E-state index in [4.69, 9.17) is 9.47 Å². The lowest BCUT2D eigenvalue weighted by molar-refractivity contribution is -0.385. The number of benzene rings is 4. The maximum atomic E-state index is 13.5. The van der Waals surface area contributed by atoms with Crippen molar-refractivity contribution in [2.45, 2.75) is 4.90 Å². The molecule has 5 aromatic rings. The first kappa shape index (κ1) is 34.3. The first-order chi connectivity index (χ1) is 23.7. The molecule has 3 amide bonds. The van der Waals surface area contributed by atoms with Gasteiger partial charge in [0.15, 0.2) is 16.6 Å². The van der Waals surface area contributed by atoms with E-state index in [1.54, 1.807) is 80.9 Å². The largest absolute Gasteiger partial charge is 0.493 e. The van der Waals surface area contributed by atoms with Crippen LogP contribution in [0.15, 0.2) is 113 Å². The van der Waals surface area contributed by atoms with Crippen molar-refractivity contribution in [3.05, 3.63) is 129 Å². The van der Waals surface area contributed by atoms with Crippen LogP contribution in [0.5, 0.6) is 11.5 Å². The summed E-state index contributed by atoms with van der Waals surface area (Å²) in [7, 11) is 3.11. The molecule has 0 unspecified atom stereocenters. The lowest BCUT2D eigenvalue weighted by Gasteiger charge is -2.12. The van der Waals surface area contributed by atoms with Crippen molar-refractivity contribution >= 4 is 63.4 Å². The third kappa shape index (κ3) is 9.09. The van der Waals surface area contributed by atoms with Gasteiger partial charge in [-0.05, 0) is 60.7 Å². The lowest BCUT2D eigenvalue weighted by Crippen LogP contribution is -2.30. The van der Waals surface area contributed by atoms with Crippen LogP contribution in [-0.4, -0.2) is 47.6 Å². The Morgan fingerprint density at radius 1 is 0.898 bits per heavy atom. The minimum absolute atomic E-state index is 0.0681. The van der Waals surface area contributed by atoms with Crippen LogP contribution >= 0.6 is 23.1 Å². The molecule has 3 N–H and O–H groups in total. The number of aromatic nitrogens is 1. The number of nitro benzene ring substituents is 1. The molecule has 0 fully saturated rings. The molecule has 0 bridgehead atoms. The standard InChI is InChI=1S/C35H29N5O7S2/c1-46-30-16-15-23(18-31(30)47-2)28-20-49-35(38-28)39-32(41)21-48-26-13-8-12-25(19-26)36-34(43)27(37-33(42)22-9-4-3-5-10-22)17-24-11-6-7-14-29(24)40(44)45/h3-20H,21H2,1-2H3,(H,36,43)(H,37,42)(H,38,39,41)/b27-17+. The van der Waals surface area contributed by atoms with Crippen molar-refractivity contribution in [3.8, 4) is 22.8 Å². The summed E-state index contributed by atoms with van der Waals surface area (Å²) >= 11 is 2.54. The maximum absolute atomic E-state index is 13.5. The van der Waals surface area contributed by atoms with Crippen molar-refractivity contribution in [1.29, 1.82) is 0 Å². The van der Waals surface area contributed by atoms with E-state index in [1.165, 1.54) is 47.4 Å². The highest BCUT2D eigenvalue weighted by Crippen LogP contribution is 2.33. The van der Waals surface area contributed by atoms with Crippen molar-refractivity contribution < 1.29 is 28.8 Å². The lowest BCUT2D eigenvalue weighted by atomic mass is 10.1. The molecule has 0 saturated carbocycles. The number of carbonyl (C=O) groups excluding carboxylic acids is 3. The van der Waals surface area contributed by atoms with E-state index in [-0.39, 0.29) is 28.6 Å². The van der Waals surface area contributed by atoms with E-state index in [0.717, 1.165) is 5.56 Å². The number of nitrogens with one attached hydrogen (secondary N) is 3. The number of anilines is 2. The van der Waals surface area contributed by atoms with Crippen LogP contribution in [0.3, 0.4) is 0 Å². The van der Waals surface area contributed by atoms with Gasteiger partial charge in [0.1, 0.15) is 5.70 Å². The van der Waals surface area contributed by atoms with Gasteiger partial charge in [-0.3, -0.25) is 24.5 Å². The van der Waals surface area contributed by atoms with E-state index in [9.17, 15) is 24.5 Å². The summed E-state index contributed by atoms with van der Waals surface area (Å²) in [5.41, 5.74) is 1.88. The Labute approximate surface area is 289 Å². The SMILES string of the molecule is COc1ccc(-c2csc(NC(=O)CSc3cccc(NC(=O)/C(=C\c4ccccc4[N+](=O)[O-])NC(=O)c4ccccc4)c3)n2)cc1OC. The minimum atomic E-state index is -0.698. The Kier molecular flexibility index (Phi) is 11.4. The number of thiazole rings is 1. The molecule has 0 saturated heterocycles. The predicted molar refractivity (Wildman–Crippen MR) is 190 cm³/mol. The van der Waals surface area contributed by atoms with Crippen molar-refractivity contribution in [2.75, 3.05) is 30.6 Å². The summed E-state index contributed by atoms with van der Waals surface area (Å²) in [6.45, 7) is 0. The summed E-state index contributed by atoms with van der Waals surface area (Å²) < 4.78 is 10.7. The van der Waals surface area contributed by atoms with Gasteiger partial charge in [0.2, 0.25) is 5.91 Å². The number of para-hydroxylation sites is 1. The topological polar surface area (TPSA) is 162 Å². The van der Waals surface area contributed by atoms with Crippen LogP contribution in [0.2, 0.25) is 0 Å². The number of rotatable bonds is 13. The Morgan fingerprint density at radius 2 is 1.65 bits per heavy atom. The highest BCUT2D eigenvalue weighted by Gasteiger charge is 2.19. The molecular weight excluding hydrogens is 667 g/mol. The molecule has 0 aliphatic heterocycles. The molecule has 49 heavy (non-hydrogen) atoms. The van der Waals surface area contributed by atoms with Crippen LogP contribution in [-0.2, 0) is 9.59 Å². The summed E-state index contributed by atoms with van der Waals surface area (Å²) in [6, 6.07) is 26.4. The van der Waals surface area contributed by atoms with Gasteiger partial charge in [-0.25, -0.2) is 4.98 Å². The number of thioether (sulfide) groups is 1. The highest BCUT2D eigenvalue weighted by atomic mass is 32.2. The average Bonchev–Trinajstić information content (AvgIpc) is 3.59. The van der Waals surface area contributed by atoms with Crippen LogP contribution in [0.4, 0.5) is 16.5 Å². The average molecular weight is 696 g/mol. The zero-order chi connectivity index (χ0) is 34.8. The van der Waals surface area contributed by atoms with Gasteiger partial charge in [0.05, 0.1) is 36.2 Å². The first-order valence-electron chi connectivity index (χ1n) is 14.6. The molecule has 5 rings (SSSR count). The molecule has 1 aromatic heterocycles. The summed E-state index contributed by atoms with van der Waals surface area (Å²) in [5, 5.41) is 22.0. The molecule has 0 atom stereocenters. The van der Waals surface area contributed by atoms with Gasteiger partial charge in [0.25, 0.3) is 17.5 Å². The molecule has 4 aromatic carbocycles. The van der Waals surface area contributed by atoms with E-state index in [2.05, 4.69) is 20.9 Å². The smallest absolute Gasteiger partial charge is 0.276 e. The number of amides is 3. The number of nitrogens with zero attached hydrogens (tertiary/aromatic N) is 2. The Morgan fingerprint density at radius 3 is 2.41 bits per heavy atom. The van der Waals surface area contributed by atoms with Crippen LogP contribution in [0.25, 0.3) is 17.3 Å². The van der Waals surface area contributed by atoms with Gasteiger partial charge >= 0.3 is 0 Å². The molecule has 0 aliphatic rings. The molecule has 0 spiro atoms. The quantitative estimate of drug-likeness (QED) is 0.0516. The van der Waals surface area contributed by atoms with Crippen molar-refractivity contribution in [1.82, 2.24) is 10.3 Å². The Hall–Kier alpha value is -5.99. The van der Waals surface area contributed by atoms with Crippen LogP contribution in [0.1, 0.15) is 15.9 Å². The third-order valence-electron chi connectivity index (χ3n) is 6.85. The van der Waals surface area contributed by atoms with E-state index in [1.807, 2.05) is 17.5 Å². The monoisotopic (exact) mass is 695 g/mol. The van der Waals surface area contributed by atoms with Gasteiger partial charge in [-0.1, -0.05) is 36.4 Å². The highest BCUT2D eigenvalue weighted by molar-refractivity contribution is 8.00. The number of methoxy groups -OCH3 is 2. The summed E-state index contributed by atoms with van der Waals surface area (Å²) in [6.07, 6.45) is 1.26. The molecule has 248 valence electrons. The fraction of sp³-hybridized carbons (Fsp3) is 0.0857. The van der Waals surface area contributed by atoms with Gasteiger partial charge in [-0.2, -0.15) is 0 Å². The molecular formula is C35H29N5O7S2. The predicted octanol–water partition coefficient (Wildman–Crippen LogP) is 6.88. The van der Waals surface area contributed by atoms with Gasteiger partial charge in [0, 0.05) is 33.2 Å². The van der Waals surface area contributed by atoms with Gasteiger partial charge < -0.3 is 25.4 Å². The van der Waals surface area contributed by atoms with E-state index in [0.29, 0.717) is 38.5 Å². The molecule has 12 nitrogen and oxygen atoms in total. The van der Waals surface area contributed by atoms with Crippen molar-refractivity contribution in [3.63, 3.8) is 0 Å². The fourth-order valence-electron chi connectivity index (χ4n) is 4.50. The summed E-state index contributed by atoms with van der Waals surface area (Å²) in [5.74, 6) is -0.300. The zero-order valence-electron chi connectivity index (χ0n) is 26.2. The first-order valence-corrected chi connectivity index (χ1v) is 16.4. The third-order valence-corrected chi connectivity index (χ3v) is 8.61. The number of ether oxygens (including phenoxy) is 2. The molecule has 0 aliphatic carbocycles. The van der Waals surface area contributed by atoms with Gasteiger partial charge in [-0.15, -0.1) is 23.1 Å². The van der Waals surface area contributed by atoms with Crippen LogP contribution < -0.4 is 25.4 Å². The van der Waals surface area contributed by atoms with Crippen LogP contribution in [0, 0.1) is 10.1 Å². The number of nitro groups is 1. The minimum Gasteiger partial charge on any atom is -0.493 e. The second-order valence-corrected chi connectivity index (χ2v) is 12.0. The van der Waals surface area contributed by atoms with E-state index >= 15 is 0 Å². The number of hydrogen-bond acceptors (Lipinski definition) is 10. The Balaban J connectivity index is 1.25. The summed E-state index contributed by atoms with van der Waals surface area (Å²) in [4.78, 5) is 55.4. The fourth-order valence-corrected chi connectivity index (χ4v) is 5.99. The normalized spacial score (nSPS) is 10.9. The number of carbonyl (C=O) groups is 3. The second-order valence-electron chi connectivity index (χ2n) is 10.1.